The minimum absolute atomic E-state index is 0.212. The zero-order valence-electron chi connectivity index (χ0n) is 18.4. The number of rotatable bonds is 6. The largest absolute Gasteiger partial charge is 0.479 e. The summed E-state index contributed by atoms with van der Waals surface area (Å²) < 4.78 is 12.9. The maximum Gasteiger partial charge on any atom is 0.347 e. The quantitative estimate of drug-likeness (QED) is 0.731. The van der Waals surface area contributed by atoms with Gasteiger partial charge in [0.05, 0.1) is 5.69 Å². The molecule has 1 amide bonds. The zero-order valence-corrected chi connectivity index (χ0v) is 18.4. The monoisotopic (exact) mass is 414 g/mol. The smallest absolute Gasteiger partial charge is 0.347 e. The van der Waals surface area contributed by atoms with Crippen molar-refractivity contribution in [2.24, 2.45) is 7.05 Å². The molecule has 1 N–H and O–H groups in total. The number of esters is 1. The Balaban J connectivity index is 1.84. The third-order valence-electron chi connectivity index (χ3n) is 4.60. The number of benzene rings is 1. The van der Waals surface area contributed by atoms with Crippen LogP contribution in [0.3, 0.4) is 0 Å². The highest BCUT2D eigenvalue weighted by molar-refractivity contribution is 6.00. The van der Waals surface area contributed by atoms with Crippen molar-refractivity contribution in [2.45, 2.75) is 58.9 Å². The van der Waals surface area contributed by atoms with E-state index in [2.05, 4.69) is 22.2 Å². The highest BCUT2D eigenvalue weighted by Gasteiger charge is 2.34. The number of hydrogen-bond donors (Lipinski definition) is 1. The summed E-state index contributed by atoms with van der Waals surface area (Å²) in [5, 5.41) is 7.32. The third kappa shape index (κ3) is 4.75. The van der Waals surface area contributed by atoms with E-state index >= 15 is 0 Å². The summed E-state index contributed by atoms with van der Waals surface area (Å²) in [7, 11) is 1.80. The van der Waals surface area contributed by atoms with E-state index in [0.29, 0.717) is 11.4 Å². The SMILES string of the molecule is CCCN1c2cn(C)nc2C(=O)NC1c1cccc(OC(C)C(=O)OC(C)(C)C)c1. The molecule has 0 fully saturated rings. The Morgan fingerprint density at radius 2 is 2.07 bits per heavy atom. The number of carbonyl (C=O) groups excluding carboxylic acids is 2. The molecular weight excluding hydrogens is 384 g/mol. The van der Waals surface area contributed by atoms with Gasteiger partial charge in [-0.3, -0.25) is 9.48 Å². The molecule has 1 aliphatic heterocycles. The van der Waals surface area contributed by atoms with Crippen LogP contribution in [0, 0.1) is 0 Å². The molecule has 1 aromatic carbocycles. The Morgan fingerprint density at radius 3 is 2.73 bits per heavy atom. The molecule has 0 saturated heterocycles. The second-order valence-electron chi connectivity index (χ2n) is 8.47. The van der Waals surface area contributed by atoms with Gasteiger partial charge >= 0.3 is 5.97 Å². The van der Waals surface area contributed by atoms with Crippen LogP contribution in [-0.4, -0.2) is 39.9 Å². The number of carbonyl (C=O) groups is 2. The molecule has 0 aliphatic carbocycles. The number of fused-ring (bicyclic) bond motifs is 1. The first-order chi connectivity index (χ1) is 14.1. The van der Waals surface area contributed by atoms with E-state index in [1.807, 2.05) is 45.2 Å². The maximum absolute atomic E-state index is 12.6. The van der Waals surface area contributed by atoms with E-state index in [4.69, 9.17) is 9.47 Å². The molecule has 162 valence electrons. The Labute approximate surface area is 177 Å². The van der Waals surface area contributed by atoms with E-state index < -0.39 is 17.7 Å². The van der Waals surface area contributed by atoms with Crippen molar-refractivity contribution in [3.8, 4) is 5.75 Å². The summed E-state index contributed by atoms with van der Waals surface area (Å²) in [6, 6.07) is 7.41. The number of nitrogens with zero attached hydrogens (tertiary/aromatic N) is 3. The third-order valence-corrected chi connectivity index (χ3v) is 4.60. The molecule has 1 aromatic heterocycles. The normalized spacial score (nSPS) is 17.2. The minimum Gasteiger partial charge on any atom is -0.479 e. The Bertz CT molecular complexity index is 931. The molecule has 0 spiro atoms. The second kappa shape index (κ2) is 8.38. The molecule has 2 unspecified atom stereocenters. The molecular formula is C22H30N4O4. The predicted molar refractivity (Wildman–Crippen MR) is 113 cm³/mol. The summed E-state index contributed by atoms with van der Waals surface area (Å²) in [5.74, 6) is -0.101. The first-order valence-electron chi connectivity index (χ1n) is 10.2. The van der Waals surface area contributed by atoms with Crippen molar-refractivity contribution in [3.63, 3.8) is 0 Å². The van der Waals surface area contributed by atoms with Crippen LogP contribution < -0.4 is 15.0 Å². The fraction of sp³-hybridized carbons (Fsp3) is 0.500. The zero-order chi connectivity index (χ0) is 22.1. The molecule has 1 aliphatic rings. The lowest BCUT2D eigenvalue weighted by Crippen LogP contribution is -2.46. The number of nitrogens with one attached hydrogen (secondary N) is 1. The number of anilines is 1. The van der Waals surface area contributed by atoms with Crippen LogP contribution >= 0.6 is 0 Å². The van der Waals surface area contributed by atoms with Gasteiger partial charge in [-0.25, -0.2) is 4.79 Å². The number of hydrogen-bond acceptors (Lipinski definition) is 6. The molecule has 0 radical (unpaired) electrons. The van der Waals surface area contributed by atoms with Crippen molar-refractivity contribution in [1.82, 2.24) is 15.1 Å². The molecule has 8 heteroatoms. The number of ether oxygens (including phenoxy) is 2. The van der Waals surface area contributed by atoms with Crippen molar-refractivity contribution in [3.05, 3.63) is 41.7 Å². The summed E-state index contributed by atoms with van der Waals surface area (Å²) in [5.41, 5.74) is 1.51. The van der Waals surface area contributed by atoms with Gasteiger partial charge in [0.2, 0.25) is 0 Å². The minimum atomic E-state index is -0.753. The van der Waals surface area contributed by atoms with E-state index in [-0.39, 0.29) is 12.1 Å². The summed E-state index contributed by atoms with van der Waals surface area (Å²) in [6.45, 7) is 9.96. The Hall–Kier alpha value is -3.03. The number of aromatic nitrogens is 2. The fourth-order valence-corrected chi connectivity index (χ4v) is 3.41. The van der Waals surface area contributed by atoms with Crippen molar-refractivity contribution < 1.29 is 19.1 Å². The molecule has 3 rings (SSSR count). The van der Waals surface area contributed by atoms with Gasteiger partial charge in [0, 0.05) is 19.8 Å². The molecule has 2 atom stereocenters. The van der Waals surface area contributed by atoms with Crippen LogP contribution in [0.5, 0.6) is 5.75 Å². The van der Waals surface area contributed by atoms with E-state index in [1.54, 1.807) is 24.7 Å². The van der Waals surface area contributed by atoms with Gasteiger partial charge in [0.15, 0.2) is 11.8 Å². The first kappa shape index (κ1) is 21.7. The summed E-state index contributed by atoms with van der Waals surface area (Å²) in [4.78, 5) is 27.0. The van der Waals surface area contributed by atoms with Gasteiger partial charge in [0.25, 0.3) is 5.91 Å². The van der Waals surface area contributed by atoms with Crippen molar-refractivity contribution in [2.75, 3.05) is 11.4 Å². The van der Waals surface area contributed by atoms with Gasteiger partial charge in [-0.15, -0.1) is 0 Å². The van der Waals surface area contributed by atoms with Crippen molar-refractivity contribution >= 4 is 17.6 Å². The topological polar surface area (TPSA) is 85.7 Å². The maximum atomic E-state index is 12.6. The molecule has 30 heavy (non-hydrogen) atoms. The van der Waals surface area contributed by atoms with E-state index in [1.165, 1.54) is 0 Å². The van der Waals surface area contributed by atoms with Gasteiger partial charge < -0.3 is 19.7 Å². The highest BCUT2D eigenvalue weighted by Crippen LogP contribution is 2.33. The van der Waals surface area contributed by atoms with Gasteiger partial charge in [-0.05, 0) is 51.8 Å². The average Bonchev–Trinajstić information content (AvgIpc) is 3.05. The molecule has 0 saturated carbocycles. The fourth-order valence-electron chi connectivity index (χ4n) is 3.41. The van der Waals surface area contributed by atoms with E-state index in [9.17, 15) is 9.59 Å². The lowest BCUT2D eigenvalue weighted by molar-refractivity contribution is -0.162. The van der Waals surface area contributed by atoms with E-state index in [0.717, 1.165) is 24.2 Å². The molecule has 0 bridgehead atoms. The second-order valence-corrected chi connectivity index (χ2v) is 8.47. The van der Waals surface area contributed by atoms with Crippen LogP contribution in [0.25, 0.3) is 0 Å². The van der Waals surface area contributed by atoms with Crippen molar-refractivity contribution in [1.29, 1.82) is 0 Å². The number of aryl methyl sites for hydroxylation is 1. The average molecular weight is 415 g/mol. The molecule has 2 heterocycles. The Kier molecular flexibility index (Phi) is 6.05. The van der Waals surface area contributed by atoms with Gasteiger partial charge in [-0.1, -0.05) is 19.1 Å². The summed E-state index contributed by atoms with van der Waals surface area (Å²) >= 11 is 0. The van der Waals surface area contributed by atoms with Gasteiger partial charge in [-0.2, -0.15) is 5.10 Å². The number of amides is 1. The van der Waals surface area contributed by atoms with Crippen LogP contribution in [0.1, 0.15) is 63.3 Å². The Morgan fingerprint density at radius 1 is 1.33 bits per heavy atom. The standard InChI is InChI=1S/C22H30N4O4/c1-7-11-26-17-13-25(6)24-18(17)20(27)23-19(26)15-9-8-10-16(12-15)29-14(2)21(28)30-22(3,4)5/h8-10,12-14,19H,7,11H2,1-6H3,(H,23,27). The molecule has 2 aromatic rings. The lowest BCUT2D eigenvalue weighted by Gasteiger charge is -2.37. The van der Waals surface area contributed by atoms with Gasteiger partial charge in [0.1, 0.15) is 17.5 Å². The first-order valence-corrected chi connectivity index (χ1v) is 10.2. The van der Waals surface area contributed by atoms with Crippen LogP contribution in [0.2, 0.25) is 0 Å². The highest BCUT2D eigenvalue weighted by atomic mass is 16.6. The molecule has 8 nitrogen and oxygen atoms in total. The van der Waals surface area contributed by atoms with Crippen LogP contribution in [0.15, 0.2) is 30.5 Å². The lowest BCUT2D eigenvalue weighted by atomic mass is 10.1. The van der Waals surface area contributed by atoms with Crippen LogP contribution in [-0.2, 0) is 16.6 Å². The predicted octanol–water partition coefficient (Wildman–Crippen LogP) is 3.19. The van der Waals surface area contributed by atoms with Crippen LogP contribution in [0.4, 0.5) is 5.69 Å². The summed E-state index contributed by atoms with van der Waals surface area (Å²) in [6.07, 6.45) is 1.67.